The minimum atomic E-state index is -0.459. The summed E-state index contributed by atoms with van der Waals surface area (Å²) in [5, 5.41) is 7.16. The smallest absolute Gasteiger partial charge is 0.294 e. The van der Waals surface area contributed by atoms with E-state index in [1.54, 1.807) is 24.3 Å². The van der Waals surface area contributed by atoms with E-state index in [2.05, 4.69) is 36.4 Å². The SMILES string of the molecule is O=C(Nc1ccc(-c2nc3c(oc4ccc(Br)cc43)c(=O)[nH]2)c(Cl)c1)c1ccno1. The van der Waals surface area contributed by atoms with Gasteiger partial charge in [-0.3, -0.25) is 9.59 Å². The van der Waals surface area contributed by atoms with E-state index in [1.807, 2.05) is 12.1 Å². The summed E-state index contributed by atoms with van der Waals surface area (Å²) in [5.41, 5.74) is 1.66. The number of fused-ring (bicyclic) bond motifs is 3. The van der Waals surface area contributed by atoms with Crippen LogP contribution < -0.4 is 10.9 Å². The quantitative estimate of drug-likeness (QED) is 0.372. The third kappa shape index (κ3) is 3.17. The molecule has 5 aromatic rings. The number of furan rings is 1. The van der Waals surface area contributed by atoms with E-state index >= 15 is 0 Å². The number of amides is 1. The molecule has 3 heterocycles. The highest BCUT2D eigenvalue weighted by molar-refractivity contribution is 9.10. The van der Waals surface area contributed by atoms with Crippen LogP contribution in [0.5, 0.6) is 0 Å². The summed E-state index contributed by atoms with van der Waals surface area (Å²) in [6.45, 7) is 0. The van der Waals surface area contributed by atoms with Gasteiger partial charge in [-0.05, 0) is 36.4 Å². The van der Waals surface area contributed by atoms with Crippen molar-refractivity contribution in [2.45, 2.75) is 0 Å². The molecule has 0 saturated heterocycles. The highest BCUT2D eigenvalue weighted by Gasteiger charge is 2.17. The van der Waals surface area contributed by atoms with E-state index in [-0.39, 0.29) is 17.2 Å². The number of hydrogen-bond acceptors (Lipinski definition) is 6. The highest BCUT2D eigenvalue weighted by atomic mass is 79.9. The molecule has 0 fully saturated rings. The van der Waals surface area contributed by atoms with Gasteiger partial charge in [-0.15, -0.1) is 0 Å². The van der Waals surface area contributed by atoms with Gasteiger partial charge in [0, 0.05) is 27.2 Å². The zero-order valence-electron chi connectivity index (χ0n) is 14.9. The van der Waals surface area contributed by atoms with Crippen molar-refractivity contribution in [2.75, 3.05) is 5.32 Å². The van der Waals surface area contributed by atoms with Gasteiger partial charge < -0.3 is 19.2 Å². The molecular formula is C20H10BrClN4O4. The monoisotopic (exact) mass is 484 g/mol. The first kappa shape index (κ1) is 18.6. The molecule has 1 amide bonds. The van der Waals surface area contributed by atoms with Gasteiger partial charge >= 0.3 is 0 Å². The minimum Gasteiger partial charge on any atom is -0.449 e. The van der Waals surface area contributed by atoms with Crippen LogP contribution in [0.1, 0.15) is 10.6 Å². The van der Waals surface area contributed by atoms with Crippen LogP contribution in [0.25, 0.3) is 33.5 Å². The molecule has 3 aromatic heterocycles. The van der Waals surface area contributed by atoms with Gasteiger partial charge in [0.2, 0.25) is 11.3 Å². The second kappa shape index (κ2) is 7.12. The van der Waals surface area contributed by atoms with Crippen molar-refractivity contribution in [2.24, 2.45) is 0 Å². The average molecular weight is 486 g/mol. The van der Waals surface area contributed by atoms with Crippen LogP contribution in [0.3, 0.4) is 0 Å². The zero-order valence-corrected chi connectivity index (χ0v) is 17.2. The fraction of sp³-hybridized carbons (Fsp3) is 0. The molecule has 0 aliphatic carbocycles. The lowest BCUT2D eigenvalue weighted by Gasteiger charge is -2.07. The van der Waals surface area contributed by atoms with Gasteiger partial charge in [0.15, 0.2) is 0 Å². The Morgan fingerprint density at radius 3 is 2.80 bits per heavy atom. The first-order valence-corrected chi connectivity index (χ1v) is 9.81. The van der Waals surface area contributed by atoms with Crippen molar-refractivity contribution in [3.8, 4) is 11.4 Å². The topological polar surface area (TPSA) is 114 Å². The molecule has 5 rings (SSSR count). The van der Waals surface area contributed by atoms with Crippen LogP contribution >= 0.6 is 27.5 Å². The largest absolute Gasteiger partial charge is 0.449 e. The summed E-state index contributed by atoms with van der Waals surface area (Å²) >= 11 is 9.83. The van der Waals surface area contributed by atoms with E-state index < -0.39 is 11.5 Å². The Morgan fingerprint density at radius 2 is 2.03 bits per heavy atom. The molecule has 0 atom stereocenters. The number of nitrogens with one attached hydrogen (secondary N) is 2. The van der Waals surface area contributed by atoms with Crippen LogP contribution in [-0.4, -0.2) is 21.0 Å². The molecule has 0 aliphatic rings. The number of halogens is 2. The zero-order chi connectivity index (χ0) is 20.8. The maximum atomic E-state index is 12.6. The molecule has 2 N–H and O–H groups in total. The van der Waals surface area contributed by atoms with Gasteiger partial charge in [0.1, 0.15) is 16.9 Å². The summed E-state index contributed by atoms with van der Waals surface area (Å²) in [4.78, 5) is 31.9. The number of anilines is 1. The fourth-order valence-electron chi connectivity index (χ4n) is 3.06. The summed E-state index contributed by atoms with van der Waals surface area (Å²) in [6.07, 6.45) is 1.38. The number of rotatable bonds is 3. The van der Waals surface area contributed by atoms with E-state index in [0.717, 1.165) is 4.47 Å². The first-order valence-electron chi connectivity index (χ1n) is 8.63. The Hall–Kier alpha value is -3.43. The molecule has 30 heavy (non-hydrogen) atoms. The first-order chi connectivity index (χ1) is 14.5. The lowest BCUT2D eigenvalue weighted by Crippen LogP contribution is -2.11. The van der Waals surface area contributed by atoms with Crippen molar-refractivity contribution < 1.29 is 13.7 Å². The van der Waals surface area contributed by atoms with Crippen LogP contribution in [-0.2, 0) is 0 Å². The second-order valence-electron chi connectivity index (χ2n) is 6.36. The summed E-state index contributed by atoms with van der Waals surface area (Å²) in [5.74, 6) is -0.0994. The van der Waals surface area contributed by atoms with Gasteiger partial charge in [0.05, 0.1) is 11.2 Å². The third-order valence-corrected chi connectivity index (χ3v) is 5.24. The van der Waals surface area contributed by atoms with Gasteiger partial charge in [-0.2, -0.15) is 0 Å². The summed E-state index contributed by atoms with van der Waals surface area (Å²) < 4.78 is 11.3. The normalized spacial score (nSPS) is 11.3. The summed E-state index contributed by atoms with van der Waals surface area (Å²) in [7, 11) is 0. The fourth-order valence-corrected chi connectivity index (χ4v) is 3.70. The molecule has 0 spiro atoms. The third-order valence-electron chi connectivity index (χ3n) is 4.43. The Bertz CT molecular complexity index is 1490. The molecule has 0 unspecified atom stereocenters. The number of nitrogens with zero attached hydrogens (tertiary/aromatic N) is 2. The van der Waals surface area contributed by atoms with Gasteiger partial charge in [-0.1, -0.05) is 32.7 Å². The molecule has 0 aliphatic heterocycles. The lowest BCUT2D eigenvalue weighted by molar-refractivity contribution is 0.0988. The lowest BCUT2D eigenvalue weighted by atomic mass is 10.1. The van der Waals surface area contributed by atoms with Crippen molar-refractivity contribution in [3.63, 3.8) is 0 Å². The molecule has 10 heteroatoms. The highest BCUT2D eigenvalue weighted by Crippen LogP contribution is 2.32. The van der Waals surface area contributed by atoms with E-state index in [1.165, 1.54) is 12.3 Å². The number of benzene rings is 2. The maximum Gasteiger partial charge on any atom is 0.294 e. The van der Waals surface area contributed by atoms with E-state index in [0.29, 0.717) is 32.8 Å². The van der Waals surface area contributed by atoms with Crippen molar-refractivity contribution >= 4 is 61.2 Å². The second-order valence-corrected chi connectivity index (χ2v) is 7.68. The molecule has 148 valence electrons. The van der Waals surface area contributed by atoms with Crippen LogP contribution in [0, 0.1) is 0 Å². The number of aromatic nitrogens is 3. The van der Waals surface area contributed by atoms with Crippen LogP contribution in [0.2, 0.25) is 5.02 Å². The Balaban J connectivity index is 1.56. The number of hydrogen-bond donors (Lipinski definition) is 2. The van der Waals surface area contributed by atoms with E-state index in [9.17, 15) is 9.59 Å². The van der Waals surface area contributed by atoms with Crippen molar-refractivity contribution in [1.82, 2.24) is 15.1 Å². The molecule has 0 bridgehead atoms. The van der Waals surface area contributed by atoms with Crippen LogP contribution in [0.15, 0.2) is 66.9 Å². The van der Waals surface area contributed by atoms with Gasteiger partial charge in [-0.25, -0.2) is 4.98 Å². The molecule has 0 saturated carbocycles. The Labute approximate surface area is 181 Å². The van der Waals surface area contributed by atoms with Crippen molar-refractivity contribution in [1.29, 1.82) is 0 Å². The Kier molecular flexibility index (Phi) is 4.41. The average Bonchev–Trinajstić information content (AvgIpc) is 3.37. The summed E-state index contributed by atoms with van der Waals surface area (Å²) in [6, 6.07) is 11.7. The van der Waals surface area contributed by atoms with E-state index in [4.69, 9.17) is 20.5 Å². The number of H-pyrrole nitrogens is 1. The van der Waals surface area contributed by atoms with Gasteiger partial charge in [0.25, 0.3) is 11.5 Å². The molecule has 0 radical (unpaired) electrons. The molecule has 8 nitrogen and oxygen atoms in total. The number of carbonyl (C=O) groups is 1. The minimum absolute atomic E-state index is 0.0737. The Morgan fingerprint density at radius 1 is 1.17 bits per heavy atom. The standard InChI is InChI=1S/C20H10BrClN4O4/c21-9-1-4-14-12(7-9)16-17(29-14)20(28)26-18(25-16)11-3-2-10(8-13(11)22)24-19(27)15-5-6-23-30-15/h1-8H,(H,24,27)(H,25,26,28). The predicted molar refractivity (Wildman–Crippen MR) is 115 cm³/mol. The predicted octanol–water partition coefficient (Wildman–Crippen LogP) is 4.99. The molecular weight excluding hydrogens is 476 g/mol. The van der Waals surface area contributed by atoms with Crippen LogP contribution in [0.4, 0.5) is 5.69 Å². The van der Waals surface area contributed by atoms with Crippen molar-refractivity contribution in [3.05, 3.63) is 74.3 Å². The molecule has 2 aromatic carbocycles. The number of aromatic amines is 1. The number of carbonyl (C=O) groups excluding carboxylic acids is 1. The maximum absolute atomic E-state index is 12.6.